The molecule has 1 amide bonds. The highest BCUT2D eigenvalue weighted by molar-refractivity contribution is 7.99. The maximum Gasteiger partial charge on any atom is 0.238 e. The van der Waals surface area contributed by atoms with Gasteiger partial charge in [-0.25, -0.2) is 0 Å². The first-order chi connectivity index (χ1) is 8.39. The van der Waals surface area contributed by atoms with Gasteiger partial charge in [-0.2, -0.15) is 0 Å². The molecule has 0 radical (unpaired) electrons. The highest BCUT2D eigenvalue weighted by Gasteiger charge is 2.30. The monoisotopic (exact) mass is 266 g/mol. The third-order valence-electron chi connectivity index (χ3n) is 2.97. The molecule has 0 saturated carbocycles. The van der Waals surface area contributed by atoms with Gasteiger partial charge in [-0.05, 0) is 38.9 Å². The van der Waals surface area contributed by atoms with Gasteiger partial charge in [-0.3, -0.25) is 4.79 Å². The highest BCUT2D eigenvalue weighted by atomic mass is 32.2. The molecule has 0 spiro atoms. The van der Waals surface area contributed by atoms with Crippen molar-refractivity contribution in [2.45, 2.75) is 38.1 Å². The number of carbonyl (C=O) groups is 1. The fraction of sp³-hybridized carbons (Fsp3) is 0.500. The van der Waals surface area contributed by atoms with Crippen LogP contribution < -0.4 is 11.1 Å². The topological polar surface area (TPSA) is 55.1 Å². The summed E-state index contributed by atoms with van der Waals surface area (Å²) >= 11 is 1.67. The van der Waals surface area contributed by atoms with Crippen molar-refractivity contribution in [2.24, 2.45) is 5.73 Å². The van der Waals surface area contributed by atoms with Gasteiger partial charge in [0.05, 0.1) is 0 Å². The van der Waals surface area contributed by atoms with Crippen molar-refractivity contribution < 1.29 is 4.79 Å². The Morgan fingerprint density at radius 1 is 1.44 bits per heavy atom. The standard InChI is InChI=1S/C14H22N2OS/c1-5-16-14(4,13(15)17)9-18-12-8-10(2)6-7-11(12)3/h6-8,16H,5,9H2,1-4H3,(H2,15,17). The maximum absolute atomic E-state index is 11.5. The number of hydrogen-bond acceptors (Lipinski definition) is 3. The molecule has 0 saturated heterocycles. The molecule has 0 heterocycles. The fourth-order valence-electron chi connectivity index (χ4n) is 1.68. The van der Waals surface area contributed by atoms with Gasteiger partial charge in [0.2, 0.25) is 5.91 Å². The van der Waals surface area contributed by atoms with Gasteiger partial charge in [0, 0.05) is 10.6 Å². The summed E-state index contributed by atoms with van der Waals surface area (Å²) in [5, 5.41) is 3.17. The second kappa shape index (κ2) is 6.25. The molecule has 0 bridgehead atoms. The third-order valence-corrected chi connectivity index (χ3v) is 4.44. The largest absolute Gasteiger partial charge is 0.368 e. The van der Waals surface area contributed by atoms with Crippen LogP contribution in [0.1, 0.15) is 25.0 Å². The molecule has 100 valence electrons. The molecule has 3 N–H and O–H groups in total. The Bertz CT molecular complexity index is 434. The van der Waals surface area contributed by atoms with E-state index in [1.54, 1.807) is 11.8 Å². The average molecular weight is 266 g/mol. The summed E-state index contributed by atoms with van der Waals surface area (Å²) < 4.78 is 0. The van der Waals surface area contributed by atoms with Gasteiger partial charge in [-0.15, -0.1) is 11.8 Å². The van der Waals surface area contributed by atoms with Crippen LogP contribution in [-0.2, 0) is 4.79 Å². The molecule has 0 aliphatic rings. The average Bonchev–Trinajstić information content (AvgIpc) is 2.30. The summed E-state index contributed by atoms with van der Waals surface area (Å²) in [6.07, 6.45) is 0. The molecule has 1 rings (SSSR count). The minimum atomic E-state index is -0.657. The lowest BCUT2D eigenvalue weighted by molar-refractivity contribution is -0.122. The van der Waals surface area contributed by atoms with Crippen LogP contribution in [0, 0.1) is 13.8 Å². The number of rotatable bonds is 6. The molecular weight excluding hydrogens is 244 g/mol. The molecule has 0 aliphatic carbocycles. The van der Waals surface area contributed by atoms with Gasteiger partial charge in [0.25, 0.3) is 0 Å². The van der Waals surface area contributed by atoms with E-state index in [1.807, 2.05) is 13.8 Å². The summed E-state index contributed by atoms with van der Waals surface area (Å²) in [6, 6.07) is 6.34. The maximum atomic E-state index is 11.5. The zero-order valence-electron chi connectivity index (χ0n) is 11.5. The zero-order chi connectivity index (χ0) is 13.8. The summed E-state index contributed by atoms with van der Waals surface area (Å²) in [7, 11) is 0. The van der Waals surface area contributed by atoms with Crippen LogP contribution in [0.25, 0.3) is 0 Å². The van der Waals surface area contributed by atoms with Crippen LogP contribution in [0.4, 0.5) is 0 Å². The van der Waals surface area contributed by atoms with E-state index in [0.717, 1.165) is 6.54 Å². The van der Waals surface area contributed by atoms with Gasteiger partial charge in [0.15, 0.2) is 0 Å². The second-order valence-corrected chi connectivity index (χ2v) is 5.80. The van der Waals surface area contributed by atoms with E-state index in [-0.39, 0.29) is 5.91 Å². The highest BCUT2D eigenvalue weighted by Crippen LogP contribution is 2.26. The fourth-order valence-corrected chi connectivity index (χ4v) is 2.94. The Hall–Kier alpha value is -1.00. The van der Waals surface area contributed by atoms with Gasteiger partial charge >= 0.3 is 0 Å². The molecule has 4 heteroatoms. The Kier molecular flexibility index (Phi) is 5.23. The van der Waals surface area contributed by atoms with Crippen LogP contribution in [0.15, 0.2) is 23.1 Å². The molecule has 1 aromatic carbocycles. The van der Waals surface area contributed by atoms with Gasteiger partial charge < -0.3 is 11.1 Å². The first-order valence-corrected chi connectivity index (χ1v) is 7.12. The van der Waals surface area contributed by atoms with Gasteiger partial charge in [0.1, 0.15) is 5.54 Å². The van der Waals surface area contributed by atoms with E-state index in [0.29, 0.717) is 5.75 Å². The SMILES string of the molecule is CCNC(C)(CSc1cc(C)ccc1C)C(N)=O. The molecule has 1 aromatic rings. The summed E-state index contributed by atoms with van der Waals surface area (Å²) in [6.45, 7) is 8.71. The number of nitrogens with two attached hydrogens (primary N) is 1. The molecular formula is C14H22N2OS. The number of thioether (sulfide) groups is 1. The predicted molar refractivity (Wildman–Crippen MR) is 77.9 cm³/mol. The number of benzene rings is 1. The molecule has 1 atom stereocenters. The van der Waals surface area contributed by atoms with E-state index < -0.39 is 5.54 Å². The molecule has 0 aromatic heterocycles. The second-order valence-electron chi connectivity index (χ2n) is 4.78. The van der Waals surface area contributed by atoms with Gasteiger partial charge in [-0.1, -0.05) is 24.6 Å². The molecule has 1 unspecified atom stereocenters. The van der Waals surface area contributed by atoms with Crippen molar-refractivity contribution in [2.75, 3.05) is 12.3 Å². The van der Waals surface area contributed by atoms with Crippen LogP contribution >= 0.6 is 11.8 Å². The Labute approximate surface area is 114 Å². The van der Waals surface area contributed by atoms with Crippen molar-refractivity contribution in [1.82, 2.24) is 5.32 Å². The lowest BCUT2D eigenvalue weighted by Gasteiger charge is -2.26. The van der Waals surface area contributed by atoms with Crippen molar-refractivity contribution in [3.8, 4) is 0 Å². The Morgan fingerprint density at radius 2 is 2.11 bits per heavy atom. The van der Waals surface area contributed by atoms with E-state index in [4.69, 9.17) is 5.73 Å². The third kappa shape index (κ3) is 3.75. The summed E-state index contributed by atoms with van der Waals surface area (Å²) in [4.78, 5) is 12.7. The van der Waals surface area contributed by atoms with Crippen LogP contribution in [0.5, 0.6) is 0 Å². The first-order valence-electron chi connectivity index (χ1n) is 6.14. The molecule has 0 fully saturated rings. The van der Waals surface area contributed by atoms with E-state index in [1.165, 1.54) is 16.0 Å². The van der Waals surface area contributed by atoms with Crippen molar-refractivity contribution in [1.29, 1.82) is 0 Å². The van der Waals surface area contributed by atoms with Crippen molar-refractivity contribution in [3.05, 3.63) is 29.3 Å². The van der Waals surface area contributed by atoms with Crippen LogP contribution in [0.2, 0.25) is 0 Å². The lowest BCUT2D eigenvalue weighted by Crippen LogP contribution is -2.55. The first kappa shape index (κ1) is 15.1. The molecule has 18 heavy (non-hydrogen) atoms. The lowest BCUT2D eigenvalue weighted by atomic mass is 10.1. The zero-order valence-corrected chi connectivity index (χ0v) is 12.4. The summed E-state index contributed by atoms with van der Waals surface area (Å²) in [5.74, 6) is 0.336. The van der Waals surface area contributed by atoms with Crippen LogP contribution in [-0.4, -0.2) is 23.7 Å². The van der Waals surface area contributed by atoms with Crippen molar-refractivity contribution in [3.63, 3.8) is 0 Å². The Morgan fingerprint density at radius 3 is 2.67 bits per heavy atom. The van der Waals surface area contributed by atoms with Crippen LogP contribution in [0.3, 0.4) is 0 Å². The molecule has 0 aliphatic heterocycles. The van der Waals surface area contributed by atoms with Crippen molar-refractivity contribution >= 4 is 17.7 Å². The molecule has 3 nitrogen and oxygen atoms in total. The van der Waals surface area contributed by atoms with E-state index in [9.17, 15) is 4.79 Å². The number of nitrogens with one attached hydrogen (secondary N) is 1. The number of carbonyl (C=O) groups excluding carboxylic acids is 1. The Balaban J connectivity index is 2.79. The number of hydrogen-bond donors (Lipinski definition) is 2. The number of aryl methyl sites for hydroxylation is 2. The quantitative estimate of drug-likeness (QED) is 0.777. The van der Waals surface area contributed by atoms with E-state index in [2.05, 4.69) is 37.4 Å². The normalized spacial score (nSPS) is 14.2. The van der Waals surface area contributed by atoms with E-state index >= 15 is 0 Å². The summed E-state index contributed by atoms with van der Waals surface area (Å²) in [5.41, 5.74) is 7.28. The number of likely N-dealkylation sites (N-methyl/N-ethyl adjacent to an activating group) is 1. The minimum absolute atomic E-state index is 0.304. The minimum Gasteiger partial charge on any atom is -0.368 e. The number of amides is 1. The smallest absolute Gasteiger partial charge is 0.238 e. The number of primary amides is 1. The predicted octanol–water partition coefficient (Wildman–Crippen LogP) is 2.25.